The van der Waals surface area contributed by atoms with Gasteiger partial charge in [0, 0.05) is 0 Å². The minimum absolute atomic E-state index is 0.322. The molecular weight excluding hydrogens is 384 g/mol. The Morgan fingerprint density at radius 2 is 1.24 bits per heavy atom. The summed E-state index contributed by atoms with van der Waals surface area (Å²) in [6.45, 7) is 2.23. The summed E-state index contributed by atoms with van der Waals surface area (Å²) >= 11 is 1.22. The molecule has 164 valence electrons. The predicted molar refractivity (Wildman–Crippen MR) is 125 cm³/mol. The van der Waals surface area contributed by atoms with Gasteiger partial charge in [0.15, 0.2) is 0 Å². The number of carbonyl (C=O) groups is 2. The topological polar surface area (TPSA) is 74.6 Å². The van der Waals surface area contributed by atoms with Crippen LogP contribution in [0.15, 0.2) is 48.6 Å². The Kier molecular flexibility index (Phi) is 19.7. The highest BCUT2D eigenvalue weighted by Crippen LogP contribution is 2.17. The van der Waals surface area contributed by atoms with Crippen molar-refractivity contribution in [3.05, 3.63) is 48.6 Å². The number of hydrogen-bond acceptors (Lipinski definition) is 3. The smallest absolute Gasteiger partial charge is 0.317 e. The van der Waals surface area contributed by atoms with Crippen molar-refractivity contribution in [2.75, 3.05) is 5.75 Å². The molecular formula is C24H38O4S. The van der Waals surface area contributed by atoms with Gasteiger partial charge in [0.05, 0.1) is 6.42 Å². The molecule has 0 saturated heterocycles. The minimum Gasteiger partial charge on any atom is -0.481 e. The second-order valence-corrected chi connectivity index (χ2v) is 8.19. The lowest BCUT2D eigenvalue weighted by atomic mass is 10.2. The van der Waals surface area contributed by atoms with Crippen molar-refractivity contribution in [1.29, 1.82) is 0 Å². The second kappa shape index (κ2) is 21.0. The van der Waals surface area contributed by atoms with E-state index in [4.69, 9.17) is 10.2 Å². The predicted octanol–water partition coefficient (Wildman–Crippen LogP) is 6.79. The number of rotatable bonds is 19. The van der Waals surface area contributed by atoms with Gasteiger partial charge in [-0.1, -0.05) is 68.4 Å². The molecule has 0 aliphatic rings. The Hall–Kier alpha value is -1.75. The first-order valence-corrected chi connectivity index (χ1v) is 11.8. The lowest BCUT2D eigenvalue weighted by Crippen LogP contribution is -2.20. The molecule has 0 bridgehead atoms. The minimum atomic E-state index is -1.06. The summed E-state index contributed by atoms with van der Waals surface area (Å²) in [6, 6.07) is 0. The molecule has 0 amide bonds. The van der Waals surface area contributed by atoms with Crippen LogP contribution in [-0.4, -0.2) is 33.2 Å². The normalized spacial score (nSPS) is 13.3. The van der Waals surface area contributed by atoms with Crippen LogP contribution >= 0.6 is 11.8 Å². The fourth-order valence-corrected chi connectivity index (χ4v) is 3.59. The van der Waals surface area contributed by atoms with E-state index in [0.717, 1.165) is 38.5 Å². The van der Waals surface area contributed by atoms with Crippen molar-refractivity contribution in [3.8, 4) is 0 Å². The van der Waals surface area contributed by atoms with Gasteiger partial charge in [-0.2, -0.15) is 0 Å². The number of unbranched alkanes of at least 4 members (excludes halogenated alkanes) is 5. The van der Waals surface area contributed by atoms with E-state index in [2.05, 4.69) is 55.5 Å². The van der Waals surface area contributed by atoms with Crippen molar-refractivity contribution < 1.29 is 19.8 Å². The standard InChI is InChI=1S/C24H38O4S/c1-2-3-4-5-6-7-8-9-10-11-12-13-14-15-16-17-18-19-20-29-22(24(27)28)21-23(25)26/h6-7,9-10,12-13,15-16,22H,2-5,8,11,14,17-21H2,1H3,(H,25,26)(H,27,28)/b7-6-,10-9-,13-12-,16-15-. The third-order valence-electron chi connectivity index (χ3n) is 4.18. The fraction of sp³-hybridized carbons (Fsp3) is 0.583. The molecule has 29 heavy (non-hydrogen) atoms. The van der Waals surface area contributed by atoms with Gasteiger partial charge in [-0.25, -0.2) is 0 Å². The highest BCUT2D eigenvalue weighted by Gasteiger charge is 2.20. The molecule has 0 radical (unpaired) electrons. The molecule has 0 rings (SSSR count). The lowest BCUT2D eigenvalue weighted by Gasteiger charge is -2.08. The van der Waals surface area contributed by atoms with E-state index in [1.54, 1.807) is 0 Å². The molecule has 0 fully saturated rings. The van der Waals surface area contributed by atoms with Gasteiger partial charge in [-0.3, -0.25) is 9.59 Å². The maximum absolute atomic E-state index is 10.9. The number of thioether (sulfide) groups is 1. The van der Waals surface area contributed by atoms with Gasteiger partial charge < -0.3 is 10.2 Å². The van der Waals surface area contributed by atoms with Crippen LogP contribution in [0.2, 0.25) is 0 Å². The SMILES string of the molecule is CCCCC/C=C\C/C=C\C/C=C\C/C=C\CCCCSC(CC(=O)O)C(=O)O. The maximum atomic E-state index is 10.9. The first kappa shape index (κ1) is 27.2. The zero-order chi connectivity index (χ0) is 21.6. The Labute approximate surface area is 180 Å². The van der Waals surface area contributed by atoms with Crippen LogP contribution in [0.25, 0.3) is 0 Å². The summed E-state index contributed by atoms with van der Waals surface area (Å²) in [5.74, 6) is -1.43. The van der Waals surface area contributed by atoms with Crippen molar-refractivity contribution in [1.82, 2.24) is 0 Å². The van der Waals surface area contributed by atoms with Crippen LogP contribution in [0.4, 0.5) is 0 Å². The Balaban J connectivity index is 3.58. The van der Waals surface area contributed by atoms with Gasteiger partial charge in [-0.05, 0) is 57.1 Å². The highest BCUT2D eigenvalue weighted by atomic mass is 32.2. The Bertz CT molecular complexity index is 535. The third kappa shape index (κ3) is 20.8. The molecule has 0 aliphatic carbocycles. The monoisotopic (exact) mass is 422 g/mol. The first-order valence-electron chi connectivity index (χ1n) is 10.7. The molecule has 0 aromatic heterocycles. The maximum Gasteiger partial charge on any atom is 0.317 e. The molecule has 1 unspecified atom stereocenters. The molecule has 0 saturated carbocycles. The average Bonchev–Trinajstić information content (AvgIpc) is 2.68. The quantitative estimate of drug-likeness (QED) is 0.177. The second-order valence-electron chi connectivity index (χ2n) is 6.88. The van der Waals surface area contributed by atoms with Crippen LogP contribution in [0.3, 0.4) is 0 Å². The Morgan fingerprint density at radius 1 is 0.759 bits per heavy atom. The molecule has 0 spiro atoms. The zero-order valence-electron chi connectivity index (χ0n) is 17.8. The third-order valence-corrected chi connectivity index (χ3v) is 5.47. The summed E-state index contributed by atoms with van der Waals surface area (Å²) in [5, 5.41) is 16.8. The van der Waals surface area contributed by atoms with Gasteiger partial charge in [0.2, 0.25) is 0 Å². The summed E-state index contributed by atoms with van der Waals surface area (Å²) in [6.07, 6.45) is 28.1. The molecule has 0 aromatic carbocycles. The van der Waals surface area contributed by atoms with E-state index in [1.165, 1.54) is 37.4 Å². The van der Waals surface area contributed by atoms with Crippen LogP contribution in [0.1, 0.15) is 77.6 Å². The van der Waals surface area contributed by atoms with E-state index >= 15 is 0 Å². The number of aliphatic carboxylic acids is 2. The average molecular weight is 423 g/mol. The highest BCUT2D eigenvalue weighted by molar-refractivity contribution is 8.00. The van der Waals surface area contributed by atoms with Crippen LogP contribution in [0.5, 0.6) is 0 Å². The van der Waals surface area contributed by atoms with Crippen molar-refractivity contribution in [3.63, 3.8) is 0 Å². The van der Waals surface area contributed by atoms with Gasteiger partial charge in [-0.15, -0.1) is 11.8 Å². The summed E-state index contributed by atoms with van der Waals surface area (Å²) < 4.78 is 0. The molecule has 4 nitrogen and oxygen atoms in total. The zero-order valence-corrected chi connectivity index (χ0v) is 18.6. The fourth-order valence-electron chi connectivity index (χ4n) is 2.53. The van der Waals surface area contributed by atoms with E-state index < -0.39 is 17.2 Å². The largest absolute Gasteiger partial charge is 0.481 e. The van der Waals surface area contributed by atoms with Crippen molar-refractivity contribution in [2.45, 2.75) is 82.8 Å². The summed E-state index contributed by atoms with van der Waals surface area (Å²) in [5.41, 5.74) is 0. The molecule has 2 N–H and O–H groups in total. The van der Waals surface area contributed by atoms with Crippen LogP contribution < -0.4 is 0 Å². The van der Waals surface area contributed by atoms with Gasteiger partial charge >= 0.3 is 11.9 Å². The van der Waals surface area contributed by atoms with Gasteiger partial charge in [0.1, 0.15) is 5.25 Å². The van der Waals surface area contributed by atoms with E-state index in [-0.39, 0.29) is 6.42 Å². The van der Waals surface area contributed by atoms with Crippen LogP contribution in [0, 0.1) is 0 Å². The van der Waals surface area contributed by atoms with Gasteiger partial charge in [0.25, 0.3) is 0 Å². The molecule has 0 aromatic rings. The first-order chi connectivity index (χ1) is 14.1. The van der Waals surface area contributed by atoms with Crippen LogP contribution in [-0.2, 0) is 9.59 Å². The Morgan fingerprint density at radius 3 is 1.69 bits per heavy atom. The number of hydrogen-bond donors (Lipinski definition) is 2. The summed E-state index contributed by atoms with van der Waals surface area (Å²) in [7, 11) is 0. The molecule has 0 heterocycles. The summed E-state index contributed by atoms with van der Waals surface area (Å²) in [4.78, 5) is 21.6. The number of allylic oxidation sites excluding steroid dienone is 8. The molecule has 5 heteroatoms. The van der Waals surface area contributed by atoms with Crippen molar-refractivity contribution in [2.24, 2.45) is 0 Å². The molecule has 1 atom stereocenters. The van der Waals surface area contributed by atoms with E-state index in [0.29, 0.717) is 5.75 Å². The van der Waals surface area contributed by atoms with E-state index in [9.17, 15) is 9.59 Å². The lowest BCUT2D eigenvalue weighted by molar-refractivity contribution is -0.142. The van der Waals surface area contributed by atoms with Crippen molar-refractivity contribution >= 4 is 23.7 Å². The van der Waals surface area contributed by atoms with E-state index in [1.807, 2.05) is 0 Å². The number of carboxylic acid groups (broad SMARTS) is 2. The number of carboxylic acids is 2. The molecule has 0 aliphatic heterocycles.